The van der Waals surface area contributed by atoms with Gasteiger partial charge in [-0.05, 0) is 44.2 Å². The Balaban J connectivity index is 2.79. The number of rotatable bonds is 7. The van der Waals surface area contributed by atoms with Crippen molar-refractivity contribution >= 4 is 0 Å². The predicted octanol–water partition coefficient (Wildman–Crippen LogP) is 2.80. The van der Waals surface area contributed by atoms with Gasteiger partial charge in [0.1, 0.15) is 0 Å². The Hall–Kier alpha value is -0.830. The van der Waals surface area contributed by atoms with Crippen LogP contribution in [0.25, 0.3) is 0 Å². The molecule has 0 bridgehead atoms. The van der Waals surface area contributed by atoms with Crippen LogP contribution in [0.4, 0.5) is 0 Å². The quantitative estimate of drug-likeness (QED) is 0.807. The highest BCUT2D eigenvalue weighted by Gasteiger charge is 2.22. The maximum atomic E-state index is 4.54. The van der Waals surface area contributed by atoms with E-state index in [2.05, 4.69) is 58.1 Å². The van der Waals surface area contributed by atoms with E-state index in [1.165, 1.54) is 11.4 Å². The normalized spacial score (nSPS) is 15.1. The van der Waals surface area contributed by atoms with E-state index in [0.717, 1.165) is 19.4 Å². The lowest BCUT2D eigenvalue weighted by Crippen LogP contribution is -2.37. The van der Waals surface area contributed by atoms with Crippen molar-refractivity contribution in [2.45, 2.75) is 53.5 Å². The van der Waals surface area contributed by atoms with E-state index < -0.39 is 0 Å². The summed E-state index contributed by atoms with van der Waals surface area (Å²) in [6, 6.07) is 2.81. The van der Waals surface area contributed by atoms with Gasteiger partial charge in [0.2, 0.25) is 0 Å². The molecule has 1 N–H and O–H groups in total. The topological polar surface area (TPSA) is 29.9 Å². The minimum atomic E-state index is 0.551. The van der Waals surface area contributed by atoms with E-state index in [4.69, 9.17) is 0 Å². The smallest absolute Gasteiger partial charge is 0.0624 e. The van der Waals surface area contributed by atoms with Crippen molar-refractivity contribution in [3.63, 3.8) is 0 Å². The molecule has 1 rings (SSSR count). The average molecular weight is 251 g/mol. The third-order valence-corrected chi connectivity index (χ3v) is 3.86. The summed E-state index contributed by atoms with van der Waals surface area (Å²) in [6.07, 6.45) is 2.12. The Bertz CT molecular complexity index is 355. The minimum Gasteiger partial charge on any atom is -0.314 e. The highest BCUT2D eigenvalue weighted by molar-refractivity contribution is 5.11. The van der Waals surface area contributed by atoms with Crippen molar-refractivity contribution in [2.24, 2.45) is 18.9 Å². The molecule has 0 radical (unpaired) electrons. The number of hydrogen-bond acceptors (Lipinski definition) is 2. The van der Waals surface area contributed by atoms with Gasteiger partial charge in [-0.3, -0.25) is 4.68 Å². The molecule has 0 fully saturated rings. The van der Waals surface area contributed by atoms with Gasteiger partial charge in [-0.25, -0.2) is 0 Å². The van der Waals surface area contributed by atoms with Crippen LogP contribution in [0.15, 0.2) is 6.07 Å². The molecule has 0 aromatic carbocycles. The van der Waals surface area contributed by atoms with Crippen molar-refractivity contribution < 1.29 is 0 Å². The van der Waals surface area contributed by atoms with Crippen molar-refractivity contribution in [2.75, 3.05) is 6.54 Å². The average Bonchev–Trinajstić information content (AvgIpc) is 2.66. The summed E-state index contributed by atoms with van der Waals surface area (Å²) >= 11 is 0. The predicted molar refractivity (Wildman–Crippen MR) is 77.8 cm³/mol. The molecule has 0 spiro atoms. The van der Waals surface area contributed by atoms with Crippen LogP contribution in [0, 0.1) is 11.8 Å². The molecule has 1 heterocycles. The second kappa shape index (κ2) is 6.93. The first-order valence-corrected chi connectivity index (χ1v) is 7.24. The molecule has 2 unspecified atom stereocenters. The lowest BCUT2D eigenvalue weighted by Gasteiger charge is -2.28. The third-order valence-electron chi connectivity index (χ3n) is 3.86. The van der Waals surface area contributed by atoms with Gasteiger partial charge in [0.25, 0.3) is 0 Å². The molecule has 18 heavy (non-hydrogen) atoms. The molecule has 3 heteroatoms. The lowest BCUT2D eigenvalue weighted by molar-refractivity contribution is 0.287. The Morgan fingerprint density at radius 1 is 1.28 bits per heavy atom. The molecule has 0 aliphatic carbocycles. The molecule has 1 aromatic rings. The molecule has 104 valence electrons. The lowest BCUT2D eigenvalue weighted by atomic mass is 9.85. The fourth-order valence-electron chi connectivity index (χ4n) is 2.64. The molecule has 0 amide bonds. The molecular formula is C15H29N3. The summed E-state index contributed by atoms with van der Waals surface area (Å²) in [4.78, 5) is 0. The molecular weight excluding hydrogens is 222 g/mol. The standard InChI is InChI=1S/C15H29N3/c1-7-13-9-14(18(6)17-13)10-15(11(3)4)12(5)16-8-2/h9,11-12,15-16H,7-8,10H2,1-6H3. The van der Waals surface area contributed by atoms with Crippen LogP contribution in [-0.2, 0) is 19.9 Å². The molecule has 0 saturated carbocycles. The summed E-state index contributed by atoms with van der Waals surface area (Å²) in [5, 5.41) is 8.10. The second-order valence-corrected chi connectivity index (χ2v) is 5.56. The summed E-state index contributed by atoms with van der Waals surface area (Å²) in [5.74, 6) is 1.34. The monoisotopic (exact) mass is 251 g/mol. The van der Waals surface area contributed by atoms with E-state index in [0.29, 0.717) is 17.9 Å². The van der Waals surface area contributed by atoms with Gasteiger partial charge >= 0.3 is 0 Å². The van der Waals surface area contributed by atoms with Gasteiger partial charge < -0.3 is 5.32 Å². The Labute approximate surface area is 112 Å². The Kier molecular flexibility index (Phi) is 5.86. The van der Waals surface area contributed by atoms with Crippen LogP contribution < -0.4 is 5.32 Å². The molecule has 2 atom stereocenters. The van der Waals surface area contributed by atoms with Crippen molar-refractivity contribution in [1.82, 2.24) is 15.1 Å². The van der Waals surface area contributed by atoms with Gasteiger partial charge in [0, 0.05) is 18.8 Å². The van der Waals surface area contributed by atoms with Gasteiger partial charge in [0.05, 0.1) is 5.69 Å². The maximum absolute atomic E-state index is 4.54. The number of aromatic nitrogens is 2. The van der Waals surface area contributed by atoms with E-state index >= 15 is 0 Å². The van der Waals surface area contributed by atoms with E-state index in [1.807, 2.05) is 4.68 Å². The van der Waals surface area contributed by atoms with Gasteiger partial charge in [-0.1, -0.05) is 27.7 Å². The van der Waals surface area contributed by atoms with E-state index in [1.54, 1.807) is 0 Å². The summed E-state index contributed by atoms with van der Waals surface area (Å²) < 4.78 is 2.05. The van der Waals surface area contributed by atoms with Crippen molar-refractivity contribution in [1.29, 1.82) is 0 Å². The van der Waals surface area contributed by atoms with Crippen LogP contribution in [-0.4, -0.2) is 22.4 Å². The summed E-state index contributed by atoms with van der Waals surface area (Å²) in [7, 11) is 2.06. The van der Waals surface area contributed by atoms with Crippen LogP contribution in [0.1, 0.15) is 46.0 Å². The first kappa shape index (κ1) is 15.2. The SMILES string of the molecule is CCNC(C)C(Cc1cc(CC)nn1C)C(C)C. The van der Waals surface area contributed by atoms with Gasteiger partial charge in [-0.15, -0.1) is 0 Å². The number of nitrogens with one attached hydrogen (secondary N) is 1. The zero-order valence-corrected chi connectivity index (χ0v) is 12.8. The summed E-state index contributed by atoms with van der Waals surface area (Å²) in [5.41, 5.74) is 2.56. The van der Waals surface area contributed by atoms with Crippen molar-refractivity contribution in [3.05, 3.63) is 17.5 Å². The second-order valence-electron chi connectivity index (χ2n) is 5.56. The first-order valence-electron chi connectivity index (χ1n) is 7.24. The van der Waals surface area contributed by atoms with Gasteiger partial charge in [-0.2, -0.15) is 5.10 Å². The van der Waals surface area contributed by atoms with Crippen LogP contribution in [0.3, 0.4) is 0 Å². The highest BCUT2D eigenvalue weighted by Crippen LogP contribution is 2.21. The first-order chi connectivity index (χ1) is 8.49. The van der Waals surface area contributed by atoms with Crippen LogP contribution >= 0.6 is 0 Å². The fraction of sp³-hybridized carbons (Fsp3) is 0.800. The molecule has 0 saturated heterocycles. The van der Waals surface area contributed by atoms with Gasteiger partial charge in [0.15, 0.2) is 0 Å². The van der Waals surface area contributed by atoms with E-state index in [9.17, 15) is 0 Å². The van der Waals surface area contributed by atoms with Crippen LogP contribution in [0.2, 0.25) is 0 Å². The van der Waals surface area contributed by atoms with E-state index in [-0.39, 0.29) is 0 Å². The molecule has 1 aromatic heterocycles. The van der Waals surface area contributed by atoms with Crippen LogP contribution in [0.5, 0.6) is 0 Å². The molecule has 0 aliphatic heterocycles. The molecule has 0 aliphatic rings. The third kappa shape index (κ3) is 3.84. The fourth-order valence-corrected chi connectivity index (χ4v) is 2.64. The van der Waals surface area contributed by atoms with Crippen molar-refractivity contribution in [3.8, 4) is 0 Å². The number of nitrogens with zero attached hydrogens (tertiary/aromatic N) is 2. The Morgan fingerprint density at radius 2 is 1.94 bits per heavy atom. The maximum Gasteiger partial charge on any atom is 0.0624 e. The number of aryl methyl sites for hydroxylation is 2. The molecule has 3 nitrogen and oxygen atoms in total. The zero-order chi connectivity index (χ0) is 13.7. The highest BCUT2D eigenvalue weighted by atomic mass is 15.3. The summed E-state index contributed by atoms with van der Waals surface area (Å²) in [6.45, 7) is 12.3. The minimum absolute atomic E-state index is 0.551. The largest absolute Gasteiger partial charge is 0.314 e. The Morgan fingerprint density at radius 3 is 2.39 bits per heavy atom. The number of hydrogen-bond donors (Lipinski definition) is 1. The zero-order valence-electron chi connectivity index (χ0n) is 12.8.